The number of aromatic nitrogens is 2. The van der Waals surface area contributed by atoms with Crippen molar-refractivity contribution < 1.29 is 4.79 Å². The molecular formula is C18H22N4O2. The summed E-state index contributed by atoms with van der Waals surface area (Å²) in [6, 6.07) is 10.8. The Morgan fingerprint density at radius 2 is 2.08 bits per heavy atom. The largest absolute Gasteiger partial charge is 0.378 e. The molecule has 1 amide bonds. The van der Waals surface area contributed by atoms with E-state index in [2.05, 4.69) is 10.4 Å². The molecule has 0 aliphatic heterocycles. The SMILES string of the molecule is CN(C)c1cccc(C(=O)NCCn2nc(C3CC3)ccc2=O)c1. The molecule has 1 aliphatic carbocycles. The van der Waals surface area contributed by atoms with Gasteiger partial charge >= 0.3 is 0 Å². The third kappa shape index (κ3) is 3.82. The molecule has 3 rings (SSSR count). The van der Waals surface area contributed by atoms with Crippen LogP contribution in [-0.2, 0) is 6.54 Å². The van der Waals surface area contributed by atoms with Gasteiger partial charge in [0.05, 0.1) is 12.2 Å². The quantitative estimate of drug-likeness (QED) is 0.876. The molecule has 1 aromatic carbocycles. The van der Waals surface area contributed by atoms with E-state index in [0.717, 1.165) is 24.2 Å². The van der Waals surface area contributed by atoms with Crippen LogP contribution in [0.25, 0.3) is 0 Å². The third-order valence-corrected chi connectivity index (χ3v) is 4.12. The number of amides is 1. The van der Waals surface area contributed by atoms with Gasteiger partial charge < -0.3 is 10.2 Å². The molecule has 1 N–H and O–H groups in total. The summed E-state index contributed by atoms with van der Waals surface area (Å²) < 4.78 is 1.43. The fourth-order valence-electron chi connectivity index (χ4n) is 2.52. The summed E-state index contributed by atoms with van der Waals surface area (Å²) in [7, 11) is 3.86. The molecular weight excluding hydrogens is 304 g/mol. The maximum absolute atomic E-state index is 12.2. The molecule has 126 valence electrons. The van der Waals surface area contributed by atoms with Crippen molar-refractivity contribution in [2.45, 2.75) is 25.3 Å². The van der Waals surface area contributed by atoms with Crippen molar-refractivity contribution in [2.75, 3.05) is 25.5 Å². The Morgan fingerprint density at radius 1 is 1.29 bits per heavy atom. The van der Waals surface area contributed by atoms with Gasteiger partial charge in [-0.25, -0.2) is 4.68 Å². The highest BCUT2D eigenvalue weighted by atomic mass is 16.1. The molecule has 2 aromatic rings. The van der Waals surface area contributed by atoms with Gasteiger partial charge in [-0.2, -0.15) is 5.10 Å². The summed E-state index contributed by atoms with van der Waals surface area (Å²) in [6.07, 6.45) is 2.29. The van der Waals surface area contributed by atoms with E-state index in [9.17, 15) is 9.59 Å². The molecule has 0 unspecified atom stereocenters. The Hall–Kier alpha value is -2.63. The molecule has 6 nitrogen and oxygen atoms in total. The van der Waals surface area contributed by atoms with Crippen LogP contribution in [0.1, 0.15) is 34.8 Å². The van der Waals surface area contributed by atoms with Crippen LogP contribution < -0.4 is 15.8 Å². The van der Waals surface area contributed by atoms with Crippen LogP contribution in [0.3, 0.4) is 0 Å². The predicted molar refractivity (Wildman–Crippen MR) is 93.6 cm³/mol. The number of carbonyl (C=O) groups is 1. The number of nitrogens with zero attached hydrogens (tertiary/aromatic N) is 3. The zero-order valence-electron chi connectivity index (χ0n) is 14.0. The zero-order chi connectivity index (χ0) is 17.1. The molecule has 0 bridgehead atoms. The first kappa shape index (κ1) is 16.2. The van der Waals surface area contributed by atoms with Crippen molar-refractivity contribution in [3.05, 3.63) is 58.0 Å². The highest BCUT2D eigenvalue weighted by Gasteiger charge is 2.25. The van der Waals surface area contributed by atoms with Crippen molar-refractivity contribution in [3.63, 3.8) is 0 Å². The van der Waals surface area contributed by atoms with E-state index in [4.69, 9.17) is 0 Å². The van der Waals surface area contributed by atoms with Crippen molar-refractivity contribution in [3.8, 4) is 0 Å². The van der Waals surface area contributed by atoms with Crippen molar-refractivity contribution in [2.24, 2.45) is 0 Å². The Labute approximate surface area is 141 Å². The average molecular weight is 326 g/mol. The molecule has 6 heteroatoms. The number of carbonyl (C=O) groups excluding carboxylic acids is 1. The zero-order valence-corrected chi connectivity index (χ0v) is 14.0. The highest BCUT2D eigenvalue weighted by molar-refractivity contribution is 5.95. The molecule has 0 atom stereocenters. The van der Waals surface area contributed by atoms with Crippen LogP contribution in [0.4, 0.5) is 5.69 Å². The molecule has 0 spiro atoms. The van der Waals surface area contributed by atoms with E-state index < -0.39 is 0 Å². The fourth-order valence-corrected chi connectivity index (χ4v) is 2.52. The van der Waals surface area contributed by atoms with Gasteiger partial charge in [-0.15, -0.1) is 0 Å². The average Bonchev–Trinajstić information content (AvgIpc) is 3.41. The van der Waals surface area contributed by atoms with Gasteiger partial charge in [0, 0.05) is 43.9 Å². The second-order valence-corrected chi connectivity index (χ2v) is 6.29. The lowest BCUT2D eigenvalue weighted by Gasteiger charge is -2.13. The molecule has 1 aliphatic rings. The lowest BCUT2D eigenvalue weighted by molar-refractivity contribution is 0.0951. The summed E-state index contributed by atoms with van der Waals surface area (Å²) in [5.41, 5.74) is 2.41. The second-order valence-electron chi connectivity index (χ2n) is 6.29. The first-order chi connectivity index (χ1) is 11.5. The predicted octanol–water partition coefficient (Wildman–Crippen LogP) is 1.62. The topological polar surface area (TPSA) is 67.2 Å². The Morgan fingerprint density at radius 3 is 2.79 bits per heavy atom. The lowest BCUT2D eigenvalue weighted by Crippen LogP contribution is -2.32. The summed E-state index contributed by atoms with van der Waals surface area (Å²) in [5.74, 6) is 0.352. The molecule has 1 aromatic heterocycles. The number of anilines is 1. The van der Waals surface area contributed by atoms with Gasteiger partial charge in [-0.3, -0.25) is 9.59 Å². The van der Waals surface area contributed by atoms with Gasteiger partial charge in [0.1, 0.15) is 0 Å². The van der Waals surface area contributed by atoms with Gasteiger partial charge in [-0.1, -0.05) is 6.07 Å². The van der Waals surface area contributed by atoms with Crippen LogP contribution >= 0.6 is 0 Å². The second kappa shape index (κ2) is 6.86. The van der Waals surface area contributed by atoms with Crippen LogP contribution in [0.15, 0.2) is 41.2 Å². The van der Waals surface area contributed by atoms with Gasteiger partial charge in [-0.05, 0) is 37.1 Å². The minimum Gasteiger partial charge on any atom is -0.378 e. The molecule has 24 heavy (non-hydrogen) atoms. The maximum Gasteiger partial charge on any atom is 0.266 e. The molecule has 0 radical (unpaired) electrons. The van der Waals surface area contributed by atoms with E-state index >= 15 is 0 Å². The molecule has 0 saturated heterocycles. The van der Waals surface area contributed by atoms with Gasteiger partial charge in [0.2, 0.25) is 0 Å². The highest BCUT2D eigenvalue weighted by Crippen LogP contribution is 2.38. The van der Waals surface area contributed by atoms with E-state index in [1.807, 2.05) is 43.3 Å². The first-order valence-electron chi connectivity index (χ1n) is 8.18. The van der Waals surface area contributed by atoms with Crippen LogP contribution in [0.2, 0.25) is 0 Å². The number of hydrogen-bond acceptors (Lipinski definition) is 4. The lowest BCUT2D eigenvalue weighted by atomic mass is 10.2. The Balaban J connectivity index is 1.60. The summed E-state index contributed by atoms with van der Waals surface area (Å²) in [4.78, 5) is 26.1. The molecule has 1 saturated carbocycles. The normalized spacial score (nSPS) is 13.6. The van der Waals surface area contributed by atoms with Crippen molar-refractivity contribution in [1.82, 2.24) is 15.1 Å². The summed E-state index contributed by atoms with van der Waals surface area (Å²) in [6.45, 7) is 0.741. The number of benzene rings is 1. The number of rotatable bonds is 6. The van der Waals surface area contributed by atoms with Gasteiger partial charge in [0.25, 0.3) is 11.5 Å². The Bertz CT molecular complexity index is 794. The molecule has 1 heterocycles. The smallest absolute Gasteiger partial charge is 0.266 e. The number of nitrogens with one attached hydrogen (secondary N) is 1. The minimum absolute atomic E-state index is 0.136. The van der Waals surface area contributed by atoms with E-state index in [-0.39, 0.29) is 11.5 Å². The maximum atomic E-state index is 12.2. The van der Waals surface area contributed by atoms with Crippen LogP contribution in [0.5, 0.6) is 0 Å². The van der Waals surface area contributed by atoms with Crippen LogP contribution in [-0.4, -0.2) is 36.3 Å². The van der Waals surface area contributed by atoms with E-state index in [0.29, 0.717) is 24.6 Å². The Kier molecular flexibility index (Phi) is 4.64. The standard InChI is InChI=1S/C18H22N4O2/c1-21(2)15-5-3-4-14(12-15)18(24)19-10-11-22-17(23)9-8-16(20-22)13-6-7-13/h3-5,8-9,12-13H,6-7,10-11H2,1-2H3,(H,19,24). The number of hydrogen-bond donors (Lipinski definition) is 1. The monoisotopic (exact) mass is 326 g/mol. The molecule has 1 fully saturated rings. The fraction of sp³-hybridized carbons (Fsp3) is 0.389. The van der Waals surface area contributed by atoms with Crippen LogP contribution in [0, 0.1) is 0 Å². The minimum atomic E-state index is -0.148. The van der Waals surface area contributed by atoms with Crippen molar-refractivity contribution in [1.29, 1.82) is 0 Å². The van der Waals surface area contributed by atoms with E-state index in [1.165, 1.54) is 4.68 Å². The van der Waals surface area contributed by atoms with E-state index in [1.54, 1.807) is 12.1 Å². The van der Waals surface area contributed by atoms with Gasteiger partial charge in [0.15, 0.2) is 0 Å². The van der Waals surface area contributed by atoms with Crippen molar-refractivity contribution >= 4 is 11.6 Å². The summed E-state index contributed by atoms with van der Waals surface area (Å²) in [5, 5.41) is 7.24. The summed E-state index contributed by atoms with van der Waals surface area (Å²) >= 11 is 0. The third-order valence-electron chi connectivity index (χ3n) is 4.12. The first-order valence-corrected chi connectivity index (χ1v) is 8.18.